The van der Waals surface area contributed by atoms with Crippen molar-refractivity contribution in [1.29, 1.82) is 0 Å². The van der Waals surface area contributed by atoms with E-state index >= 15 is 0 Å². The SMILES string of the molecule is CCN1CCCC1CN=C(N)NCCN(C(C)C)C1CC1. The van der Waals surface area contributed by atoms with Gasteiger partial charge in [-0.05, 0) is 52.6 Å². The van der Waals surface area contributed by atoms with Gasteiger partial charge in [-0.15, -0.1) is 0 Å². The quantitative estimate of drug-likeness (QED) is 0.523. The third kappa shape index (κ3) is 5.15. The van der Waals surface area contributed by atoms with Gasteiger partial charge < -0.3 is 11.1 Å². The Morgan fingerprint density at radius 2 is 2.14 bits per heavy atom. The van der Waals surface area contributed by atoms with Crippen LogP contribution >= 0.6 is 0 Å². The lowest BCUT2D eigenvalue weighted by Crippen LogP contribution is -2.42. The molecule has 1 aliphatic carbocycles. The second kappa shape index (κ2) is 7.99. The van der Waals surface area contributed by atoms with Crippen LogP contribution in [0.4, 0.5) is 0 Å². The number of nitrogens with one attached hydrogen (secondary N) is 1. The summed E-state index contributed by atoms with van der Waals surface area (Å²) in [5.74, 6) is 0.609. The number of nitrogens with two attached hydrogens (primary N) is 1. The molecule has 1 aliphatic heterocycles. The van der Waals surface area contributed by atoms with Crippen LogP contribution in [0.2, 0.25) is 0 Å². The highest BCUT2D eigenvalue weighted by atomic mass is 15.2. The summed E-state index contributed by atoms with van der Waals surface area (Å²) in [6.45, 7) is 11.9. The lowest BCUT2D eigenvalue weighted by Gasteiger charge is -2.26. The number of hydrogen-bond acceptors (Lipinski definition) is 3. The molecule has 0 aromatic heterocycles. The van der Waals surface area contributed by atoms with Crippen LogP contribution in [-0.4, -0.2) is 66.6 Å². The number of hydrogen-bond donors (Lipinski definition) is 2. The molecule has 0 aromatic carbocycles. The Labute approximate surface area is 130 Å². The summed E-state index contributed by atoms with van der Waals surface area (Å²) < 4.78 is 0. The molecule has 2 fully saturated rings. The molecule has 5 nitrogen and oxygen atoms in total. The first-order valence-corrected chi connectivity index (χ1v) is 8.65. The lowest BCUT2D eigenvalue weighted by molar-refractivity contribution is 0.215. The third-order valence-corrected chi connectivity index (χ3v) is 4.73. The highest BCUT2D eigenvalue weighted by Gasteiger charge is 2.30. The highest BCUT2D eigenvalue weighted by Crippen LogP contribution is 2.27. The molecule has 1 saturated carbocycles. The van der Waals surface area contributed by atoms with Crippen molar-refractivity contribution in [1.82, 2.24) is 15.1 Å². The van der Waals surface area contributed by atoms with Crippen molar-refractivity contribution < 1.29 is 0 Å². The van der Waals surface area contributed by atoms with E-state index in [2.05, 4.69) is 40.9 Å². The Morgan fingerprint density at radius 1 is 1.38 bits per heavy atom. The van der Waals surface area contributed by atoms with Crippen molar-refractivity contribution in [3.8, 4) is 0 Å². The molecular formula is C16H33N5. The topological polar surface area (TPSA) is 56.9 Å². The Kier molecular flexibility index (Phi) is 6.30. The van der Waals surface area contributed by atoms with Gasteiger partial charge in [0.25, 0.3) is 0 Å². The smallest absolute Gasteiger partial charge is 0.188 e. The maximum Gasteiger partial charge on any atom is 0.188 e. The molecule has 0 aromatic rings. The monoisotopic (exact) mass is 295 g/mol. The standard InChI is InChI=1S/C16H33N5/c1-4-20-10-5-6-15(20)12-19-16(17)18-9-11-21(13(2)3)14-7-8-14/h13-15H,4-12H2,1-3H3,(H3,17,18,19). The van der Waals surface area contributed by atoms with Crippen LogP contribution in [0.1, 0.15) is 46.5 Å². The van der Waals surface area contributed by atoms with Gasteiger partial charge >= 0.3 is 0 Å². The average Bonchev–Trinajstić information content (AvgIpc) is 3.18. The van der Waals surface area contributed by atoms with Gasteiger partial charge in [-0.2, -0.15) is 0 Å². The first-order valence-electron chi connectivity index (χ1n) is 8.65. The summed E-state index contributed by atoms with van der Waals surface area (Å²) in [6, 6.07) is 2.02. The van der Waals surface area contributed by atoms with Crippen molar-refractivity contribution in [3.05, 3.63) is 0 Å². The van der Waals surface area contributed by atoms with E-state index in [1.165, 1.54) is 32.2 Å². The molecule has 1 atom stereocenters. The van der Waals surface area contributed by atoms with Crippen LogP contribution in [0.25, 0.3) is 0 Å². The molecule has 3 N–H and O–H groups in total. The van der Waals surface area contributed by atoms with Gasteiger partial charge in [0, 0.05) is 31.2 Å². The molecular weight excluding hydrogens is 262 g/mol. The summed E-state index contributed by atoms with van der Waals surface area (Å²) in [5.41, 5.74) is 5.99. The normalized spacial score (nSPS) is 24.2. The predicted octanol–water partition coefficient (Wildman–Crippen LogP) is 1.25. The van der Waals surface area contributed by atoms with Crippen molar-refractivity contribution in [2.24, 2.45) is 10.7 Å². The van der Waals surface area contributed by atoms with Gasteiger partial charge in [0.2, 0.25) is 0 Å². The molecule has 0 bridgehead atoms. The highest BCUT2D eigenvalue weighted by molar-refractivity contribution is 5.77. The zero-order valence-corrected chi connectivity index (χ0v) is 14.0. The van der Waals surface area contributed by atoms with E-state index < -0.39 is 0 Å². The third-order valence-electron chi connectivity index (χ3n) is 4.73. The number of likely N-dealkylation sites (N-methyl/N-ethyl adjacent to an activating group) is 1. The van der Waals surface area contributed by atoms with E-state index in [1.54, 1.807) is 0 Å². The second-order valence-corrected chi connectivity index (χ2v) is 6.64. The molecule has 1 saturated heterocycles. The van der Waals surface area contributed by atoms with Gasteiger partial charge in [0.15, 0.2) is 5.96 Å². The average molecular weight is 295 g/mol. The summed E-state index contributed by atoms with van der Waals surface area (Å²) in [7, 11) is 0. The number of guanidine groups is 1. The number of likely N-dealkylation sites (tertiary alicyclic amines) is 1. The minimum absolute atomic E-state index is 0.592. The second-order valence-electron chi connectivity index (χ2n) is 6.64. The van der Waals surface area contributed by atoms with Crippen LogP contribution in [0.5, 0.6) is 0 Å². The molecule has 0 radical (unpaired) electrons. The fraction of sp³-hybridized carbons (Fsp3) is 0.938. The maximum absolute atomic E-state index is 5.99. The van der Waals surface area contributed by atoms with Gasteiger partial charge in [-0.1, -0.05) is 6.92 Å². The van der Waals surface area contributed by atoms with E-state index in [0.29, 0.717) is 18.0 Å². The van der Waals surface area contributed by atoms with Crippen LogP contribution < -0.4 is 11.1 Å². The van der Waals surface area contributed by atoms with Crippen molar-refractivity contribution in [2.75, 3.05) is 32.7 Å². The Balaban J connectivity index is 1.66. The molecule has 2 rings (SSSR count). The molecule has 0 spiro atoms. The minimum atomic E-state index is 0.592. The van der Waals surface area contributed by atoms with E-state index in [0.717, 1.165) is 32.2 Å². The van der Waals surface area contributed by atoms with Gasteiger partial charge in [-0.3, -0.25) is 14.8 Å². The number of aliphatic imine (C=N–C) groups is 1. The largest absolute Gasteiger partial charge is 0.370 e. The Bertz CT molecular complexity index is 336. The van der Waals surface area contributed by atoms with Crippen molar-refractivity contribution in [2.45, 2.75) is 64.6 Å². The van der Waals surface area contributed by atoms with Crippen LogP contribution in [-0.2, 0) is 0 Å². The molecule has 122 valence electrons. The van der Waals surface area contributed by atoms with E-state index in [9.17, 15) is 0 Å². The summed E-state index contributed by atoms with van der Waals surface area (Å²) in [4.78, 5) is 9.60. The van der Waals surface area contributed by atoms with Crippen LogP contribution in [0.3, 0.4) is 0 Å². The predicted molar refractivity (Wildman–Crippen MR) is 89.6 cm³/mol. The molecule has 1 unspecified atom stereocenters. The maximum atomic E-state index is 5.99. The van der Waals surface area contributed by atoms with Crippen molar-refractivity contribution in [3.63, 3.8) is 0 Å². The zero-order valence-electron chi connectivity index (χ0n) is 14.0. The van der Waals surface area contributed by atoms with Crippen LogP contribution in [0, 0.1) is 0 Å². The van der Waals surface area contributed by atoms with Gasteiger partial charge in [0.05, 0.1) is 6.54 Å². The van der Waals surface area contributed by atoms with Crippen LogP contribution in [0.15, 0.2) is 4.99 Å². The van der Waals surface area contributed by atoms with Crippen molar-refractivity contribution >= 4 is 5.96 Å². The lowest BCUT2D eigenvalue weighted by atomic mass is 10.2. The first-order chi connectivity index (χ1) is 10.1. The molecule has 5 heteroatoms. The fourth-order valence-electron chi connectivity index (χ4n) is 3.36. The van der Waals surface area contributed by atoms with Gasteiger partial charge in [0.1, 0.15) is 0 Å². The first kappa shape index (κ1) is 16.6. The fourth-order valence-corrected chi connectivity index (χ4v) is 3.36. The minimum Gasteiger partial charge on any atom is -0.370 e. The number of nitrogens with zero attached hydrogens (tertiary/aromatic N) is 3. The molecule has 2 aliphatic rings. The molecule has 0 amide bonds. The zero-order chi connectivity index (χ0) is 15.2. The van der Waals surface area contributed by atoms with E-state index in [1.807, 2.05) is 0 Å². The Hall–Kier alpha value is -0.810. The summed E-state index contributed by atoms with van der Waals surface area (Å²) >= 11 is 0. The number of rotatable bonds is 8. The Morgan fingerprint density at radius 3 is 2.76 bits per heavy atom. The summed E-state index contributed by atoms with van der Waals surface area (Å²) in [6.07, 6.45) is 5.27. The molecule has 21 heavy (non-hydrogen) atoms. The summed E-state index contributed by atoms with van der Waals surface area (Å²) in [5, 5.41) is 3.28. The van der Waals surface area contributed by atoms with Gasteiger partial charge in [-0.25, -0.2) is 0 Å². The molecule has 1 heterocycles. The van der Waals surface area contributed by atoms with E-state index in [4.69, 9.17) is 5.73 Å². The van der Waals surface area contributed by atoms with E-state index in [-0.39, 0.29) is 0 Å².